The Bertz CT molecular complexity index is 339. The van der Waals surface area contributed by atoms with Crippen LogP contribution in [-0.4, -0.2) is 35.1 Å². The van der Waals surface area contributed by atoms with Gasteiger partial charge in [-0.15, -0.1) is 5.10 Å². The number of hydrogen-bond donors (Lipinski definition) is 1. The molecule has 7 nitrogen and oxygen atoms in total. The van der Waals surface area contributed by atoms with Crippen molar-refractivity contribution in [3.05, 3.63) is 30.8 Å². The van der Waals surface area contributed by atoms with Gasteiger partial charge in [-0.05, 0) is 0 Å². The minimum atomic E-state index is 0.00926. The standard InChI is InChI=1S/C6H9N3O2.C3H3NO/c1-2-10-6(3-7-1)5-4-11-9-8-5;1-2-5-3-4-1/h4,6-7H,1-3H2;1-3H. The molecule has 86 valence electrons. The molecule has 1 saturated heterocycles. The smallest absolute Gasteiger partial charge is 0.180 e. The molecule has 1 N–H and O–H groups in total. The summed E-state index contributed by atoms with van der Waals surface area (Å²) in [6.07, 6.45) is 5.99. The van der Waals surface area contributed by atoms with E-state index in [0.29, 0.717) is 0 Å². The number of ether oxygens (including phenoxy) is 1. The zero-order valence-corrected chi connectivity index (χ0v) is 8.57. The maximum absolute atomic E-state index is 5.40. The van der Waals surface area contributed by atoms with Crippen LogP contribution in [0.1, 0.15) is 11.8 Å². The minimum absolute atomic E-state index is 0.00926. The third kappa shape index (κ3) is 3.14. The Hall–Kier alpha value is -1.73. The quantitative estimate of drug-likeness (QED) is 0.750. The van der Waals surface area contributed by atoms with Crippen LogP contribution in [0.4, 0.5) is 0 Å². The van der Waals surface area contributed by atoms with Gasteiger partial charge in [0.1, 0.15) is 24.3 Å². The lowest BCUT2D eigenvalue weighted by Gasteiger charge is -2.20. The third-order valence-electron chi connectivity index (χ3n) is 1.98. The van der Waals surface area contributed by atoms with Gasteiger partial charge in [0.2, 0.25) is 0 Å². The number of morpholine rings is 1. The predicted octanol–water partition coefficient (Wildman–Crippen LogP) is 0.405. The number of oxazole rings is 1. The molecular formula is C9H12N4O3. The summed E-state index contributed by atoms with van der Waals surface area (Å²) in [5.41, 5.74) is 0.761. The zero-order chi connectivity index (χ0) is 11.1. The molecule has 16 heavy (non-hydrogen) atoms. The number of hydrogen-bond acceptors (Lipinski definition) is 7. The fraction of sp³-hybridized carbons (Fsp3) is 0.444. The summed E-state index contributed by atoms with van der Waals surface area (Å²) in [4.78, 5) is 3.56. The highest BCUT2D eigenvalue weighted by Crippen LogP contribution is 2.14. The van der Waals surface area contributed by atoms with Crippen molar-refractivity contribution >= 4 is 0 Å². The minimum Gasteiger partial charge on any atom is -0.452 e. The lowest BCUT2D eigenvalue weighted by Crippen LogP contribution is -2.33. The van der Waals surface area contributed by atoms with Crippen LogP contribution in [0.2, 0.25) is 0 Å². The maximum Gasteiger partial charge on any atom is 0.180 e. The van der Waals surface area contributed by atoms with Gasteiger partial charge in [-0.1, -0.05) is 0 Å². The van der Waals surface area contributed by atoms with E-state index in [0.717, 1.165) is 25.4 Å². The predicted molar refractivity (Wildman–Crippen MR) is 52.4 cm³/mol. The molecule has 3 rings (SSSR count). The summed E-state index contributed by atoms with van der Waals surface area (Å²) in [5, 5.41) is 10.3. The van der Waals surface area contributed by atoms with E-state index in [9.17, 15) is 0 Å². The molecule has 1 fully saturated rings. The first-order valence-electron chi connectivity index (χ1n) is 4.88. The van der Waals surface area contributed by atoms with Crippen molar-refractivity contribution < 1.29 is 13.7 Å². The van der Waals surface area contributed by atoms with E-state index in [4.69, 9.17) is 4.74 Å². The van der Waals surface area contributed by atoms with Crippen molar-refractivity contribution in [2.45, 2.75) is 6.10 Å². The third-order valence-corrected chi connectivity index (χ3v) is 1.98. The number of nitrogens with zero attached hydrogens (tertiary/aromatic N) is 3. The second-order valence-corrected chi connectivity index (χ2v) is 3.07. The van der Waals surface area contributed by atoms with Gasteiger partial charge in [-0.2, -0.15) is 0 Å². The highest BCUT2D eigenvalue weighted by molar-refractivity contribution is 4.96. The normalized spacial score (nSPS) is 19.9. The number of aromatic nitrogens is 3. The van der Waals surface area contributed by atoms with E-state index < -0.39 is 0 Å². The molecule has 7 heteroatoms. The molecule has 0 saturated carbocycles. The van der Waals surface area contributed by atoms with Gasteiger partial charge in [0.05, 0.1) is 12.8 Å². The van der Waals surface area contributed by atoms with Gasteiger partial charge in [0, 0.05) is 18.4 Å². The van der Waals surface area contributed by atoms with Crippen molar-refractivity contribution in [2.24, 2.45) is 0 Å². The van der Waals surface area contributed by atoms with Gasteiger partial charge in [-0.25, -0.2) is 4.98 Å². The van der Waals surface area contributed by atoms with E-state index in [1.807, 2.05) is 0 Å². The molecule has 0 amide bonds. The van der Waals surface area contributed by atoms with Gasteiger partial charge < -0.3 is 19.0 Å². The SMILES string of the molecule is c1cocn1.c1onnc1C1CNCCO1. The summed E-state index contributed by atoms with van der Waals surface area (Å²) >= 11 is 0. The molecule has 3 heterocycles. The van der Waals surface area contributed by atoms with E-state index in [1.165, 1.54) is 18.9 Å². The molecule has 1 aliphatic rings. The Kier molecular flexibility index (Phi) is 4.03. The topological polar surface area (TPSA) is 86.2 Å². The van der Waals surface area contributed by atoms with Crippen LogP contribution in [-0.2, 0) is 4.74 Å². The molecule has 2 aromatic heterocycles. The fourth-order valence-corrected chi connectivity index (χ4v) is 1.24. The van der Waals surface area contributed by atoms with Crippen molar-refractivity contribution in [3.63, 3.8) is 0 Å². The Balaban J connectivity index is 0.000000162. The Morgan fingerprint density at radius 2 is 2.44 bits per heavy atom. The number of nitrogens with one attached hydrogen (secondary N) is 1. The summed E-state index contributed by atoms with van der Waals surface area (Å²) in [5.74, 6) is 0. The zero-order valence-electron chi connectivity index (χ0n) is 8.57. The summed E-state index contributed by atoms with van der Waals surface area (Å²) in [7, 11) is 0. The van der Waals surface area contributed by atoms with Crippen LogP contribution < -0.4 is 5.32 Å². The first-order chi connectivity index (χ1) is 7.97. The lowest BCUT2D eigenvalue weighted by molar-refractivity contribution is 0.0248. The lowest BCUT2D eigenvalue weighted by atomic mass is 10.2. The van der Waals surface area contributed by atoms with E-state index >= 15 is 0 Å². The Morgan fingerprint density at radius 3 is 2.94 bits per heavy atom. The average molecular weight is 224 g/mol. The van der Waals surface area contributed by atoms with E-state index in [1.54, 1.807) is 6.20 Å². The van der Waals surface area contributed by atoms with E-state index in [-0.39, 0.29) is 6.10 Å². The highest BCUT2D eigenvalue weighted by Gasteiger charge is 2.18. The summed E-state index contributed by atoms with van der Waals surface area (Å²) in [6, 6.07) is 0. The Morgan fingerprint density at radius 1 is 1.44 bits per heavy atom. The molecule has 0 bridgehead atoms. The van der Waals surface area contributed by atoms with Crippen LogP contribution >= 0.6 is 0 Å². The van der Waals surface area contributed by atoms with Crippen LogP contribution in [0.5, 0.6) is 0 Å². The second kappa shape index (κ2) is 5.99. The second-order valence-electron chi connectivity index (χ2n) is 3.07. The first kappa shape index (κ1) is 10.8. The molecule has 0 radical (unpaired) electrons. The number of rotatable bonds is 1. The molecule has 0 aliphatic carbocycles. The average Bonchev–Trinajstić information content (AvgIpc) is 3.07. The van der Waals surface area contributed by atoms with Crippen LogP contribution in [0.3, 0.4) is 0 Å². The summed E-state index contributed by atoms with van der Waals surface area (Å²) < 4.78 is 14.5. The Labute approximate surface area is 91.8 Å². The molecule has 1 unspecified atom stereocenters. The summed E-state index contributed by atoms with van der Waals surface area (Å²) in [6.45, 7) is 2.41. The largest absolute Gasteiger partial charge is 0.452 e. The highest BCUT2D eigenvalue weighted by atomic mass is 16.5. The van der Waals surface area contributed by atoms with Crippen molar-refractivity contribution in [2.75, 3.05) is 19.7 Å². The van der Waals surface area contributed by atoms with Gasteiger partial charge >= 0.3 is 0 Å². The van der Waals surface area contributed by atoms with Crippen LogP contribution in [0.15, 0.2) is 34.1 Å². The molecular weight excluding hydrogens is 212 g/mol. The molecule has 1 aliphatic heterocycles. The van der Waals surface area contributed by atoms with Crippen molar-refractivity contribution in [1.82, 2.24) is 20.7 Å². The van der Waals surface area contributed by atoms with Crippen LogP contribution in [0.25, 0.3) is 0 Å². The monoisotopic (exact) mass is 224 g/mol. The molecule has 0 spiro atoms. The van der Waals surface area contributed by atoms with E-state index in [2.05, 4.69) is 29.6 Å². The van der Waals surface area contributed by atoms with Gasteiger partial charge in [-0.3, -0.25) is 0 Å². The molecule has 1 atom stereocenters. The van der Waals surface area contributed by atoms with Crippen molar-refractivity contribution in [3.8, 4) is 0 Å². The van der Waals surface area contributed by atoms with Crippen molar-refractivity contribution in [1.29, 1.82) is 0 Å². The fourth-order valence-electron chi connectivity index (χ4n) is 1.24. The van der Waals surface area contributed by atoms with Gasteiger partial charge in [0.15, 0.2) is 6.39 Å². The molecule has 0 aromatic carbocycles. The maximum atomic E-state index is 5.40. The molecule has 2 aromatic rings. The van der Waals surface area contributed by atoms with Crippen LogP contribution in [0, 0.1) is 0 Å². The first-order valence-corrected chi connectivity index (χ1v) is 4.88. The van der Waals surface area contributed by atoms with Gasteiger partial charge in [0.25, 0.3) is 0 Å².